The van der Waals surface area contributed by atoms with Gasteiger partial charge in [-0.1, -0.05) is 130 Å². The Labute approximate surface area is 311 Å². The second kappa shape index (κ2) is 14.8. The van der Waals surface area contributed by atoms with Crippen molar-refractivity contribution in [1.82, 2.24) is 24.8 Å². The van der Waals surface area contributed by atoms with Gasteiger partial charge in [0.2, 0.25) is 0 Å². The molecule has 0 unspecified atom stereocenters. The van der Waals surface area contributed by atoms with E-state index in [9.17, 15) is 9.90 Å². The van der Waals surface area contributed by atoms with Gasteiger partial charge in [-0.25, -0.2) is 15.0 Å². The number of hydrogen-bond acceptors (Lipinski definition) is 8. The number of carbonyl (C=O) groups excluding carboxylic acids is 1. The van der Waals surface area contributed by atoms with Crippen molar-refractivity contribution in [3.63, 3.8) is 0 Å². The summed E-state index contributed by atoms with van der Waals surface area (Å²) in [5.41, 5.74) is 3.61. The first kappa shape index (κ1) is 36.3. The van der Waals surface area contributed by atoms with Gasteiger partial charge in [0.25, 0.3) is 5.91 Å². The number of aliphatic hydroxyl groups is 1. The van der Waals surface area contributed by atoms with Crippen molar-refractivity contribution < 1.29 is 19.1 Å². The van der Waals surface area contributed by atoms with E-state index in [1.165, 1.54) is 6.33 Å². The van der Waals surface area contributed by atoms with Crippen molar-refractivity contribution in [1.29, 1.82) is 0 Å². The lowest BCUT2D eigenvalue weighted by atomic mass is 9.76. The van der Waals surface area contributed by atoms with Crippen LogP contribution in [0.2, 0.25) is 18.1 Å². The second-order valence-electron chi connectivity index (χ2n) is 15.0. The zero-order chi connectivity index (χ0) is 37.2. The molecule has 4 aromatic carbocycles. The normalized spacial score (nSPS) is 19.4. The fourth-order valence-electron chi connectivity index (χ4n) is 6.90. The summed E-state index contributed by atoms with van der Waals surface area (Å²) in [7, 11) is -2.48. The number of carbonyl (C=O) groups is 1. The minimum atomic E-state index is -2.48. The number of fused-ring (bicyclic) bond motifs is 1. The van der Waals surface area contributed by atoms with Crippen molar-refractivity contribution in [3.8, 4) is 0 Å². The van der Waals surface area contributed by atoms with Gasteiger partial charge in [0.05, 0.1) is 24.5 Å². The largest absolute Gasteiger partial charge is 0.408 e. The Hall–Kier alpha value is -5.04. The van der Waals surface area contributed by atoms with Crippen LogP contribution in [0.5, 0.6) is 0 Å². The minimum Gasteiger partial charge on any atom is -0.408 e. The van der Waals surface area contributed by atoms with E-state index in [1.807, 2.05) is 77.4 Å². The van der Waals surface area contributed by atoms with E-state index < -0.39 is 38.3 Å². The molecule has 0 bridgehead atoms. The van der Waals surface area contributed by atoms with E-state index in [2.05, 4.69) is 90.9 Å². The Morgan fingerprint density at radius 3 is 1.85 bits per heavy atom. The highest BCUT2D eigenvalue weighted by Crippen LogP contribution is 2.45. The summed E-state index contributed by atoms with van der Waals surface area (Å²) in [6, 6.07) is 39.5. The molecule has 7 rings (SSSR count). The highest BCUT2D eigenvalue weighted by atomic mass is 28.4. The molecule has 2 aromatic heterocycles. The summed E-state index contributed by atoms with van der Waals surface area (Å²) in [6.07, 6.45) is 1.04. The van der Waals surface area contributed by atoms with Gasteiger partial charge in [-0.15, -0.1) is 0 Å². The van der Waals surface area contributed by atoms with Crippen LogP contribution in [0.25, 0.3) is 11.2 Å². The van der Waals surface area contributed by atoms with Crippen molar-refractivity contribution >= 4 is 31.2 Å². The number of amides is 1. The standard InChI is InChI=1S/C42H46N6O4Si/c1-41(2,3)53(4,5)52-36-34(47-42(30-20-12-7-13-21-30,31-22-14-8-15-23-31)32-24-16-9-17-25-32)33(26-49)51-40(36)48-28-45-35-37(43-27-44-38(35)48)46-39(50)29-18-10-6-11-19-29/h6-25,27-28,33-34,36,40,47,49H,26H2,1-5H3,(H,43,44,46,50)/t33-,34-,36-,40-/m1/s1. The molecule has 3 N–H and O–H groups in total. The maximum Gasteiger partial charge on any atom is 0.256 e. The third kappa shape index (κ3) is 6.94. The van der Waals surface area contributed by atoms with Crippen LogP contribution in [0.1, 0.15) is 54.0 Å². The molecule has 1 aliphatic rings. The van der Waals surface area contributed by atoms with Crippen LogP contribution in [0.15, 0.2) is 134 Å². The number of imidazole rings is 1. The maximum absolute atomic E-state index is 13.1. The predicted octanol–water partition coefficient (Wildman–Crippen LogP) is 7.31. The third-order valence-corrected chi connectivity index (χ3v) is 15.1. The van der Waals surface area contributed by atoms with Crippen LogP contribution in [0.3, 0.4) is 0 Å². The lowest BCUT2D eigenvalue weighted by Gasteiger charge is -2.44. The van der Waals surface area contributed by atoms with E-state index in [-0.39, 0.29) is 23.4 Å². The number of anilines is 1. The Morgan fingerprint density at radius 2 is 1.34 bits per heavy atom. The van der Waals surface area contributed by atoms with E-state index >= 15 is 0 Å². The van der Waals surface area contributed by atoms with Gasteiger partial charge in [0, 0.05) is 5.56 Å². The highest BCUT2D eigenvalue weighted by molar-refractivity contribution is 6.74. The van der Waals surface area contributed by atoms with Crippen molar-refractivity contribution in [2.24, 2.45) is 0 Å². The summed E-state index contributed by atoms with van der Waals surface area (Å²) in [5, 5.41) is 18.0. The average Bonchev–Trinajstić information content (AvgIpc) is 3.75. The topological polar surface area (TPSA) is 123 Å². The van der Waals surface area contributed by atoms with Crippen molar-refractivity contribution in [2.45, 2.75) is 68.9 Å². The Morgan fingerprint density at radius 1 is 0.811 bits per heavy atom. The fraction of sp³-hybridized carbons (Fsp3) is 0.286. The molecular formula is C42H46N6O4Si. The van der Waals surface area contributed by atoms with Gasteiger partial charge in [-0.2, -0.15) is 0 Å². The summed E-state index contributed by atoms with van der Waals surface area (Å²) in [5.74, 6) is -0.0211. The molecule has 4 atom stereocenters. The molecule has 0 radical (unpaired) electrons. The van der Waals surface area contributed by atoms with Crippen LogP contribution in [-0.4, -0.2) is 63.7 Å². The third-order valence-electron chi connectivity index (χ3n) is 10.7. The van der Waals surface area contributed by atoms with Gasteiger partial charge in [0.1, 0.15) is 18.5 Å². The van der Waals surface area contributed by atoms with Crippen LogP contribution >= 0.6 is 0 Å². The van der Waals surface area contributed by atoms with E-state index in [0.29, 0.717) is 16.7 Å². The molecule has 1 amide bonds. The first-order valence-corrected chi connectivity index (χ1v) is 20.9. The first-order valence-electron chi connectivity index (χ1n) is 18.0. The molecule has 6 aromatic rings. The van der Waals surface area contributed by atoms with Gasteiger partial charge in [-0.05, 0) is 47.0 Å². The Balaban J connectivity index is 1.37. The number of aliphatic hydroxyl groups excluding tert-OH is 1. The van der Waals surface area contributed by atoms with Crippen LogP contribution in [0.4, 0.5) is 5.82 Å². The first-order chi connectivity index (χ1) is 25.5. The molecule has 53 heavy (non-hydrogen) atoms. The molecule has 11 heteroatoms. The number of nitrogens with one attached hydrogen (secondary N) is 2. The predicted molar refractivity (Wildman–Crippen MR) is 209 cm³/mol. The quantitative estimate of drug-likeness (QED) is 0.0939. The average molecular weight is 727 g/mol. The lowest BCUT2D eigenvalue weighted by molar-refractivity contribution is -0.0465. The minimum absolute atomic E-state index is 0.136. The Bertz CT molecular complexity index is 2050. The second-order valence-corrected chi connectivity index (χ2v) is 19.7. The number of benzene rings is 4. The number of hydrogen-bond donors (Lipinski definition) is 3. The van der Waals surface area contributed by atoms with Gasteiger partial charge in [-0.3, -0.25) is 14.7 Å². The van der Waals surface area contributed by atoms with Crippen LogP contribution in [0, 0.1) is 0 Å². The highest BCUT2D eigenvalue weighted by Gasteiger charge is 2.54. The van der Waals surface area contributed by atoms with E-state index in [0.717, 1.165) is 16.7 Å². The number of ether oxygens (including phenoxy) is 1. The number of nitrogens with zero attached hydrogens (tertiary/aromatic N) is 4. The molecule has 3 heterocycles. The Kier molecular flexibility index (Phi) is 10.1. The molecule has 0 saturated carbocycles. The molecule has 1 aliphatic heterocycles. The molecule has 1 fully saturated rings. The zero-order valence-electron chi connectivity index (χ0n) is 30.7. The van der Waals surface area contributed by atoms with Crippen molar-refractivity contribution in [2.75, 3.05) is 11.9 Å². The molecule has 272 valence electrons. The van der Waals surface area contributed by atoms with Crippen LogP contribution in [-0.2, 0) is 14.7 Å². The summed E-state index contributed by atoms with van der Waals surface area (Å²) in [4.78, 5) is 26.9. The smallest absolute Gasteiger partial charge is 0.256 e. The van der Waals surface area contributed by atoms with E-state index in [4.69, 9.17) is 14.1 Å². The fourth-order valence-corrected chi connectivity index (χ4v) is 8.19. The lowest BCUT2D eigenvalue weighted by Crippen LogP contribution is -2.59. The van der Waals surface area contributed by atoms with Gasteiger partial charge < -0.3 is 19.6 Å². The monoisotopic (exact) mass is 726 g/mol. The number of aromatic nitrogens is 4. The molecule has 0 spiro atoms. The SMILES string of the molecule is CC(C)(C)[Si](C)(C)O[C@@H]1[C@H](NC(c2ccccc2)(c2ccccc2)c2ccccc2)[C@@H](CO)O[C@H]1n1cnc2c(NC(=O)c3ccccc3)ncnc21. The summed E-state index contributed by atoms with van der Waals surface area (Å²) < 4.78 is 16.1. The zero-order valence-corrected chi connectivity index (χ0v) is 31.7. The molecular weight excluding hydrogens is 681 g/mol. The summed E-state index contributed by atoms with van der Waals surface area (Å²) >= 11 is 0. The number of rotatable bonds is 11. The van der Waals surface area contributed by atoms with E-state index in [1.54, 1.807) is 18.5 Å². The van der Waals surface area contributed by atoms with Gasteiger partial charge in [0.15, 0.2) is 31.5 Å². The molecule has 10 nitrogen and oxygen atoms in total. The maximum atomic E-state index is 13.1. The van der Waals surface area contributed by atoms with Gasteiger partial charge >= 0.3 is 0 Å². The molecule has 1 saturated heterocycles. The van der Waals surface area contributed by atoms with Crippen molar-refractivity contribution in [3.05, 3.63) is 156 Å². The van der Waals surface area contributed by atoms with Crippen LogP contribution < -0.4 is 10.6 Å². The summed E-state index contributed by atoms with van der Waals surface area (Å²) in [6.45, 7) is 10.8. The molecule has 0 aliphatic carbocycles.